The number of methoxy groups -OCH3 is 1. The summed E-state index contributed by atoms with van der Waals surface area (Å²) in [6, 6.07) is 0. The van der Waals surface area contributed by atoms with Crippen molar-refractivity contribution >= 4 is 0 Å². The maximum atomic E-state index is 9.74. The summed E-state index contributed by atoms with van der Waals surface area (Å²) in [5.74, 6) is 0. The van der Waals surface area contributed by atoms with Crippen molar-refractivity contribution in [1.29, 1.82) is 0 Å². The third-order valence-electron chi connectivity index (χ3n) is 2.96. The van der Waals surface area contributed by atoms with E-state index in [1.807, 2.05) is 0 Å². The minimum atomic E-state index is -1.44. The minimum absolute atomic E-state index is 0.611. The van der Waals surface area contributed by atoms with Crippen LogP contribution in [0.4, 0.5) is 0 Å². The van der Waals surface area contributed by atoms with Gasteiger partial charge in [-0.3, -0.25) is 0 Å². The zero-order valence-corrected chi connectivity index (χ0v) is 9.17. The van der Waals surface area contributed by atoms with Crippen LogP contribution in [-0.2, 0) is 9.47 Å². The second-order valence-electron chi connectivity index (χ2n) is 4.03. The fourth-order valence-electron chi connectivity index (χ4n) is 1.77. The predicted molar refractivity (Wildman–Crippen MR) is 53.1 cm³/mol. The smallest absolute Gasteiger partial charge is 0.184 e. The van der Waals surface area contributed by atoms with E-state index in [0.717, 1.165) is 0 Å². The molecule has 0 saturated carbocycles. The molecule has 0 aromatic carbocycles. The molecule has 0 bridgehead atoms. The highest BCUT2D eigenvalue weighted by Crippen LogP contribution is 2.35. The molecule has 1 aliphatic heterocycles. The van der Waals surface area contributed by atoms with Gasteiger partial charge < -0.3 is 24.8 Å². The van der Waals surface area contributed by atoms with Crippen molar-refractivity contribution < 1.29 is 24.8 Å². The third-order valence-corrected chi connectivity index (χ3v) is 2.96. The van der Waals surface area contributed by atoms with Crippen molar-refractivity contribution in [2.24, 2.45) is 0 Å². The van der Waals surface area contributed by atoms with Crippen molar-refractivity contribution in [3.05, 3.63) is 12.2 Å². The molecule has 1 rings (SSSR count). The van der Waals surface area contributed by atoms with E-state index in [9.17, 15) is 15.3 Å². The summed E-state index contributed by atoms with van der Waals surface area (Å²) in [4.78, 5) is 0. The van der Waals surface area contributed by atoms with Gasteiger partial charge in [-0.25, -0.2) is 0 Å². The summed E-state index contributed by atoms with van der Waals surface area (Å²) >= 11 is 0. The molecule has 0 amide bonds. The number of rotatable bonds is 2. The first-order valence-electron chi connectivity index (χ1n) is 4.75. The van der Waals surface area contributed by atoms with E-state index in [-0.39, 0.29) is 0 Å². The summed E-state index contributed by atoms with van der Waals surface area (Å²) in [5.41, 5.74) is -0.397. The van der Waals surface area contributed by atoms with E-state index in [2.05, 4.69) is 6.58 Å². The normalized spacial score (nSPS) is 46.5. The lowest BCUT2D eigenvalue weighted by Crippen LogP contribution is -2.64. The van der Waals surface area contributed by atoms with E-state index >= 15 is 0 Å². The molecule has 0 radical (unpaired) electrons. The number of hydrogen-bond acceptors (Lipinski definition) is 5. The van der Waals surface area contributed by atoms with E-state index in [0.29, 0.717) is 5.57 Å². The number of hydrogen-bond donors (Lipinski definition) is 3. The van der Waals surface area contributed by atoms with Gasteiger partial charge in [-0.15, -0.1) is 0 Å². The van der Waals surface area contributed by atoms with E-state index in [1.165, 1.54) is 7.11 Å². The van der Waals surface area contributed by atoms with E-state index < -0.39 is 30.2 Å². The second kappa shape index (κ2) is 4.19. The first kappa shape index (κ1) is 12.6. The van der Waals surface area contributed by atoms with Crippen LogP contribution in [-0.4, -0.2) is 52.6 Å². The highest BCUT2D eigenvalue weighted by Gasteiger charge is 2.51. The average molecular weight is 218 g/mol. The maximum Gasteiger partial charge on any atom is 0.184 e. The second-order valence-corrected chi connectivity index (χ2v) is 4.03. The predicted octanol–water partition coefficient (Wildman–Crippen LogP) is -0.593. The first-order chi connectivity index (χ1) is 6.84. The number of aliphatic hydroxyl groups is 3. The summed E-state index contributed by atoms with van der Waals surface area (Å²) in [5, 5.41) is 28.6. The Morgan fingerprint density at radius 1 is 1.33 bits per heavy atom. The van der Waals surface area contributed by atoms with Crippen molar-refractivity contribution in [1.82, 2.24) is 0 Å². The highest BCUT2D eigenvalue weighted by atomic mass is 16.7. The van der Waals surface area contributed by atoms with Gasteiger partial charge in [-0.2, -0.15) is 0 Å². The number of aliphatic hydroxyl groups excluding tert-OH is 3. The molecule has 1 aliphatic rings. The Labute approximate surface area is 88.9 Å². The molecule has 0 aliphatic carbocycles. The quantitative estimate of drug-likeness (QED) is 0.540. The van der Waals surface area contributed by atoms with Crippen LogP contribution in [0.5, 0.6) is 0 Å². The summed E-state index contributed by atoms with van der Waals surface area (Å²) < 4.78 is 10.3. The maximum absolute atomic E-state index is 9.74. The molecule has 0 aromatic heterocycles. The zero-order valence-electron chi connectivity index (χ0n) is 9.17. The van der Waals surface area contributed by atoms with Gasteiger partial charge in [0.25, 0.3) is 0 Å². The van der Waals surface area contributed by atoms with Crippen LogP contribution in [0.3, 0.4) is 0 Å². The molecule has 88 valence electrons. The Balaban J connectivity index is 3.02. The molecule has 0 aromatic rings. The van der Waals surface area contributed by atoms with Gasteiger partial charge in [0.15, 0.2) is 6.29 Å². The summed E-state index contributed by atoms with van der Waals surface area (Å²) in [7, 11) is 1.41. The molecule has 3 N–H and O–H groups in total. The Hall–Kier alpha value is -0.460. The van der Waals surface area contributed by atoms with Gasteiger partial charge in [0, 0.05) is 7.11 Å². The van der Waals surface area contributed by atoms with Crippen LogP contribution in [0, 0.1) is 0 Å². The van der Waals surface area contributed by atoms with Gasteiger partial charge in [-0.1, -0.05) is 6.58 Å². The minimum Gasteiger partial charge on any atom is -0.387 e. The van der Waals surface area contributed by atoms with Crippen LogP contribution in [0.2, 0.25) is 0 Å². The van der Waals surface area contributed by atoms with E-state index in [4.69, 9.17) is 9.47 Å². The van der Waals surface area contributed by atoms with Crippen molar-refractivity contribution in [2.75, 3.05) is 7.11 Å². The molecular formula is C10H18O5. The summed E-state index contributed by atoms with van der Waals surface area (Å²) in [6.45, 7) is 7.10. The van der Waals surface area contributed by atoms with Gasteiger partial charge in [0.1, 0.15) is 23.9 Å². The molecule has 5 atom stereocenters. The molecule has 1 saturated heterocycles. The van der Waals surface area contributed by atoms with Crippen LogP contribution in [0.1, 0.15) is 13.8 Å². The lowest BCUT2D eigenvalue weighted by molar-refractivity contribution is -0.308. The van der Waals surface area contributed by atoms with Gasteiger partial charge >= 0.3 is 0 Å². The van der Waals surface area contributed by atoms with Crippen molar-refractivity contribution in [2.45, 2.75) is 44.1 Å². The van der Waals surface area contributed by atoms with Crippen molar-refractivity contribution in [3.8, 4) is 0 Å². The fraction of sp³-hybridized carbons (Fsp3) is 0.800. The average Bonchev–Trinajstić information content (AvgIpc) is 2.15. The van der Waals surface area contributed by atoms with Crippen LogP contribution in [0.25, 0.3) is 0 Å². The summed E-state index contributed by atoms with van der Waals surface area (Å²) in [6.07, 6.45) is -4.77. The molecule has 1 fully saturated rings. The Bertz CT molecular complexity index is 254. The van der Waals surface area contributed by atoms with Crippen LogP contribution in [0.15, 0.2) is 12.2 Å². The molecule has 1 unspecified atom stereocenters. The van der Waals surface area contributed by atoms with Crippen LogP contribution >= 0.6 is 0 Å². The monoisotopic (exact) mass is 218 g/mol. The number of ether oxygens (including phenoxy) is 2. The molecule has 0 spiro atoms. The Kier molecular flexibility index (Phi) is 3.52. The fourth-order valence-corrected chi connectivity index (χ4v) is 1.77. The lowest BCUT2D eigenvalue weighted by atomic mass is 9.83. The van der Waals surface area contributed by atoms with Gasteiger partial charge in [-0.05, 0) is 19.4 Å². The van der Waals surface area contributed by atoms with Gasteiger partial charge in [0.05, 0.1) is 0 Å². The molecule has 1 heterocycles. The topological polar surface area (TPSA) is 79.2 Å². The Morgan fingerprint density at radius 2 is 1.87 bits per heavy atom. The SMILES string of the molecule is C=C(C)[C@]1(C)OC(O)[C@H](O)[C@H](O)[C@H]1OC. The van der Waals surface area contributed by atoms with E-state index in [1.54, 1.807) is 13.8 Å². The lowest BCUT2D eigenvalue weighted by Gasteiger charge is -2.47. The highest BCUT2D eigenvalue weighted by molar-refractivity contribution is 5.16. The van der Waals surface area contributed by atoms with Gasteiger partial charge in [0.2, 0.25) is 0 Å². The zero-order chi connectivity index (χ0) is 11.8. The largest absolute Gasteiger partial charge is 0.387 e. The third kappa shape index (κ3) is 1.93. The molecule has 15 heavy (non-hydrogen) atoms. The molecular weight excluding hydrogens is 200 g/mol. The Morgan fingerprint density at radius 3 is 2.27 bits per heavy atom. The standard InChI is InChI=1S/C10H18O5/c1-5(2)10(3)8(14-4)6(11)7(12)9(13)15-10/h6-9,11-13H,1H2,2-4H3/t6-,7+,8+,9?,10-/m0/s1. The molecule has 5 heteroatoms. The first-order valence-corrected chi connectivity index (χ1v) is 4.75. The van der Waals surface area contributed by atoms with Crippen molar-refractivity contribution in [3.63, 3.8) is 0 Å². The molecule has 5 nitrogen and oxygen atoms in total. The van der Waals surface area contributed by atoms with Crippen LogP contribution < -0.4 is 0 Å².